The van der Waals surface area contributed by atoms with Gasteiger partial charge in [-0.05, 0) is 25.1 Å². The first kappa shape index (κ1) is 13.1. The fourth-order valence-corrected chi connectivity index (χ4v) is 2.27. The molecule has 0 radical (unpaired) electrons. The summed E-state index contributed by atoms with van der Waals surface area (Å²) in [6.07, 6.45) is 0. The van der Waals surface area contributed by atoms with Crippen molar-refractivity contribution in [1.29, 1.82) is 5.26 Å². The number of hydrogen-bond donors (Lipinski definition) is 1. The van der Waals surface area contributed by atoms with Crippen molar-refractivity contribution in [3.63, 3.8) is 0 Å². The Kier molecular flexibility index (Phi) is 3.48. The van der Waals surface area contributed by atoms with E-state index in [1.165, 1.54) is 6.07 Å². The predicted octanol–water partition coefficient (Wildman–Crippen LogP) is 1.21. The highest BCUT2D eigenvalue weighted by molar-refractivity contribution is 7.92. The van der Waals surface area contributed by atoms with Crippen molar-refractivity contribution in [2.45, 2.75) is 17.1 Å². The molecule has 0 bridgehead atoms. The fourth-order valence-electron chi connectivity index (χ4n) is 1.11. The van der Waals surface area contributed by atoms with Gasteiger partial charge in [-0.3, -0.25) is 0 Å². The molecular weight excluding hydrogens is 249 g/mol. The van der Waals surface area contributed by atoms with E-state index in [4.69, 9.17) is 10.4 Å². The lowest BCUT2D eigenvalue weighted by atomic mass is 10.2. The molecule has 0 fully saturated rings. The molecule has 0 aliphatic carbocycles. The normalized spacial score (nSPS) is 12.8. The number of nitriles is 1. The molecule has 0 saturated heterocycles. The molecule has 0 amide bonds. The molecule has 0 aliphatic heterocycles. The van der Waals surface area contributed by atoms with Crippen LogP contribution in [0.4, 0.5) is 4.39 Å². The summed E-state index contributed by atoms with van der Waals surface area (Å²) in [5.74, 6) is -2.44. The quantitative estimate of drug-likeness (QED) is 0.878. The minimum Gasteiger partial charge on any atom is -0.478 e. The molecule has 17 heavy (non-hydrogen) atoms. The summed E-state index contributed by atoms with van der Waals surface area (Å²) in [6, 6.07) is 3.89. The third-order valence-corrected chi connectivity index (χ3v) is 4.09. The summed E-state index contributed by atoms with van der Waals surface area (Å²) in [4.78, 5) is 9.88. The first-order valence-corrected chi connectivity index (χ1v) is 6.01. The molecule has 90 valence electrons. The Bertz CT molecular complexity index is 603. The van der Waals surface area contributed by atoms with Crippen LogP contribution >= 0.6 is 0 Å². The molecule has 0 aliphatic rings. The number of halogens is 1. The maximum Gasteiger partial charge on any atom is 0.335 e. The molecule has 1 N–H and O–H groups in total. The zero-order valence-corrected chi connectivity index (χ0v) is 9.53. The molecule has 1 aromatic rings. The van der Waals surface area contributed by atoms with Crippen LogP contribution in [0.15, 0.2) is 23.1 Å². The van der Waals surface area contributed by atoms with E-state index in [1.54, 1.807) is 0 Å². The van der Waals surface area contributed by atoms with Crippen LogP contribution in [0.5, 0.6) is 0 Å². The minimum absolute atomic E-state index is 0.352. The number of hydrogen-bond acceptors (Lipinski definition) is 4. The van der Waals surface area contributed by atoms with Gasteiger partial charge in [-0.2, -0.15) is 5.26 Å². The van der Waals surface area contributed by atoms with Gasteiger partial charge in [0.15, 0.2) is 9.84 Å². The van der Waals surface area contributed by atoms with Crippen molar-refractivity contribution < 1.29 is 22.7 Å². The Morgan fingerprint density at radius 2 is 2.12 bits per heavy atom. The van der Waals surface area contributed by atoms with Gasteiger partial charge in [-0.15, -0.1) is 0 Å². The molecule has 0 saturated carbocycles. The first-order chi connectivity index (χ1) is 7.80. The zero-order valence-electron chi connectivity index (χ0n) is 8.71. The van der Waals surface area contributed by atoms with Crippen molar-refractivity contribution in [2.24, 2.45) is 0 Å². The van der Waals surface area contributed by atoms with Gasteiger partial charge in [0.1, 0.15) is 16.0 Å². The number of carboxylic acids is 1. The van der Waals surface area contributed by atoms with E-state index in [0.717, 1.165) is 19.1 Å². The molecule has 5 nitrogen and oxygen atoms in total. The van der Waals surface area contributed by atoms with Gasteiger partial charge in [-0.25, -0.2) is 17.6 Å². The van der Waals surface area contributed by atoms with Crippen LogP contribution in [-0.2, 0) is 9.84 Å². The van der Waals surface area contributed by atoms with E-state index in [0.29, 0.717) is 6.07 Å². The van der Waals surface area contributed by atoms with E-state index in [9.17, 15) is 17.6 Å². The highest BCUT2D eigenvalue weighted by atomic mass is 32.2. The second kappa shape index (κ2) is 4.51. The Morgan fingerprint density at radius 1 is 1.53 bits per heavy atom. The number of rotatable bonds is 3. The van der Waals surface area contributed by atoms with Crippen LogP contribution < -0.4 is 0 Å². The van der Waals surface area contributed by atoms with Crippen molar-refractivity contribution >= 4 is 15.8 Å². The van der Waals surface area contributed by atoms with Gasteiger partial charge in [0, 0.05) is 0 Å². The molecule has 1 unspecified atom stereocenters. The lowest BCUT2D eigenvalue weighted by molar-refractivity contribution is 0.0696. The summed E-state index contributed by atoms with van der Waals surface area (Å²) in [5, 5.41) is 15.8. The van der Waals surface area contributed by atoms with E-state index in [1.807, 2.05) is 0 Å². The van der Waals surface area contributed by atoms with E-state index in [2.05, 4.69) is 0 Å². The number of nitrogens with zero attached hydrogens (tertiary/aromatic N) is 1. The SMILES string of the molecule is CC(C#N)S(=O)(=O)c1cc(C(=O)O)ccc1F. The maximum atomic E-state index is 13.3. The van der Waals surface area contributed by atoms with E-state index in [-0.39, 0.29) is 5.56 Å². The Hall–Kier alpha value is -1.94. The topological polar surface area (TPSA) is 95.2 Å². The number of benzene rings is 1. The summed E-state index contributed by atoms with van der Waals surface area (Å²) in [6.45, 7) is 1.10. The predicted molar refractivity (Wildman–Crippen MR) is 55.6 cm³/mol. The summed E-state index contributed by atoms with van der Waals surface area (Å²) < 4.78 is 36.8. The van der Waals surface area contributed by atoms with Crippen molar-refractivity contribution in [2.75, 3.05) is 0 Å². The minimum atomic E-state index is -4.18. The average molecular weight is 257 g/mol. The highest BCUT2D eigenvalue weighted by Gasteiger charge is 2.27. The molecule has 1 atom stereocenters. The summed E-state index contributed by atoms with van der Waals surface area (Å²) in [7, 11) is -4.18. The number of carbonyl (C=O) groups is 1. The highest BCUT2D eigenvalue weighted by Crippen LogP contribution is 2.21. The van der Waals surface area contributed by atoms with Gasteiger partial charge >= 0.3 is 5.97 Å². The molecule has 1 aromatic carbocycles. The first-order valence-electron chi connectivity index (χ1n) is 4.47. The summed E-state index contributed by atoms with van der Waals surface area (Å²) in [5.41, 5.74) is -0.352. The molecular formula is C10H8FNO4S. The van der Waals surface area contributed by atoms with Crippen molar-refractivity contribution in [3.05, 3.63) is 29.6 Å². The number of sulfone groups is 1. The maximum absolute atomic E-state index is 13.3. The van der Waals surface area contributed by atoms with E-state index >= 15 is 0 Å². The Balaban J connectivity index is 3.47. The van der Waals surface area contributed by atoms with Crippen LogP contribution in [0.3, 0.4) is 0 Å². The van der Waals surface area contributed by atoms with E-state index < -0.39 is 31.8 Å². The molecule has 0 aromatic heterocycles. The van der Waals surface area contributed by atoms with Gasteiger partial charge in [0.05, 0.1) is 11.6 Å². The molecule has 1 rings (SSSR count). The third kappa shape index (κ3) is 2.42. The molecule has 7 heteroatoms. The van der Waals surface area contributed by atoms with Crippen LogP contribution in [0, 0.1) is 17.1 Å². The lowest BCUT2D eigenvalue weighted by Gasteiger charge is -2.07. The monoisotopic (exact) mass is 257 g/mol. The smallest absolute Gasteiger partial charge is 0.335 e. The van der Waals surface area contributed by atoms with Crippen molar-refractivity contribution in [3.8, 4) is 6.07 Å². The number of aromatic carboxylic acids is 1. The van der Waals surface area contributed by atoms with Gasteiger partial charge in [0.25, 0.3) is 0 Å². The standard InChI is InChI=1S/C10H8FNO4S/c1-6(5-12)17(15,16)9-4-7(10(13)14)2-3-8(9)11/h2-4,6H,1H3,(H,13,14). The van der Waals surface area contributed by atoms with Crippen LogP contribution in [0.2, 0.25) is 0 Å². The van der Waals surface area contributed by atoms with Crippen LogP contribution in [0.25, 0.3) is 0 Å². The Labute approximate surface area is 97.0 Å². The number of carboxylic acid groups (broad SMARTS) is 1. The Morgan fingerprint density at radius 3 is 2.59 bits per heavy atom. The molecule has 0 heterocycles. The molecule has 0 spiro atoms. The van der Waals surface area contributed by atoms with Gasteiger partial charge in [-0.1, -0.05) is 0 Å². The fraction of sp³-hybridized carbons (Fsp3) is 0.200. The lowest BCUT2D eigenvalue weighted by Crippen LogP contribution is -2.18. The van der Waals surface area contributed by atoms with Crippen LogP contribution in [-0.4, -0.2) is 24.7 Å². The zero-order chi connectivity index (χ0) is 13.2. The third-order valence-electron chi connectivity index (χ3n) is 2.13. The average Bonchev–Trinajstić information content (AvgIpc) is 2.27. The summed E-state index contributed by atoms with van der Waals surface area (Å²) >= 11 is 0. The van der Waals surface area contributed by atoms with Crippen LogP contribution in [0.1, 0.15) is 17.3 Å². The van der Waals surface area contributed by atoms with Gasteiger partial charge < -0.3 is 5.11 Å². The largest absolute Gasteiger partial charge is 0.478 e. The van der Waals surface area contributed by atoms with Gasteiger partial charge in [0.2, 0.25) is 0 Å². The van der Waals surface area contributed by atoms with Crippen molar-refractivity contribution in [1.82, 2.24) is 0 Å². The second-order valence-corrected chi connectivity index (χ2v) is 5.50. The second-order valence-electron chi connectivity index (χ2n) is 3.27.